The van der Waals surface area contributed by atoms with Gasteiger partial charge in [0.1, 0.15) is 6.04 Å². The summed E-state index contributed by atoms with van der Waals surface area (Å²) in [5.74, 6) is -0.818. The van der Waals surface area contributed by atoms with Crippen molar-refractivity contribution in [3.8, 4) is 0 Å². The number of sulfonamides is 1. The highest BCUT2D eigenvalue weighted by Gasteiger charge is 2.42. The monoisotopic (exact) mass is 507 g/mol. The number of rotatable bonds is 9. The molecule has 184 valence electrons. The standard InChI is InChI=1S/C24H30ClN3O5S/c1-24(31,19-7-4-3-5-8-19)23(30)28-14-6-9-21(28)22(29)26-16-18-15-20(25)11-10-17(18)12-13-27-34(2,32)33/h3-5,7-8,10-11,15,21,27,31H,6,9,12-14,16H2,1-2H3,(H,26,29)/t21-,24+/m0/s1. The minimum Gasteiger partial charge on any atom is -0.376 e. The van der Waals surface area contributed by atoms with Gasteiger partial charge in [-0.05, 0) is 55.0 Å². The molecule has 0 aromatic heterocycles. The van der Waals surface area contributed by atoms with Crippen molar-refractivity contribution in [1.29, 1.82) is 0 Å². The van der Waals surface area contributed by atoms with E-state index in [-0.39, 0.29) is 19.0 Å². The summed E-state index contributed by atoms with van der Waals surface area (Å²) in [6.07, 6.45) is 2.70. The van der Waals surface area contributed by atoms with E-state index in [1.54, 1.807) is 48.5 Å². The Balaban J connectivity index is 1.67. The Hall–Kier alpha value is -2.46. The van der Waals surface area contributed by atoms with Gasteiger partial charge in [0.2, 0.25) is 15.9 Å². The molecule has 2 atom stereocenters. The van der Waals surface area contributed by atoms with Crippen LogP contribution in [0.5, 0.6) is 0 Å². The van der Waals surface area contributed by atoms with E-state index in [1.807, 2.05) is 0 Å². The molecule has 8 nitrogen and oxygen atoms in total. The van der Waals surface area contributed by atoms with Crippen molar-refractivity contribution < 1.29 is 23.1 Å². The molecule has 1 aliphatic heterocycles. The van der Waals surface area contributed by atoms with Crippen molar-refractivity contribution in [3.05, 3.63) is 70.2 Å². The molecule has 1 aliphatic rings. The first-order valence-corrected chi connectivity index (χ1v) is 13.3. The molecular weight excluding hydrogens is 478 g/mol. The van der Waals surface area contributed by atoms with E-state index < -0.39 is 27.6 Å². The highest BCUT2D eigenvalue weighted by Crippen LogP contribution is 2.28. The number of amides is 2. The van der Waals surface area contributed by atoms with Gasteiger partial charge < -0.3 is 15.3 Å². The maximum Gasteiger partial charge on any atom is 0.259 e. The van der Waals surface area contributed by atoms with Gasteiger partial charge in [0.25, 0.3) is 5.91 Å². The molecule has 3 rings (SSSR count). The third kappa shape index (κ3) is 6.56. The molecule has 10 heteroatoms. The lowest BCUT2D eigenvalue weighted by atomic mass is 9.94. The molecule has 1 saturated heterocycles. The van der Waals surface area contributed by atoms with Gasteiger partial charge >= 0.3 is 0 Å². The first-order valence-electron chi connectivity index (χ1n) is 11.1. The van der Waals surface area contributed by atoms with Crippen LogP contribution in [0.1, 0.15) is 36.5 Å². The van der Waals surface area contributed by atoms with Crippen LogP contribution in [-0.4, -0.2) is 55.6 Å². The highest BCUT2D eigenvalue weighted by molar-refractivity contribution is 7.88. The lowest BCUT2D eigenvalue weighted by molar-refractivity contribution is -0.154. The summed E-state index contributed by atoms with van der Waals surface area (Å²) in [6, 6.07) is 13.2. The van der Waals surface area contributed by atoms with Gasteiger partial charge in [0.15, 0.2) is 5.60 Å². The van der Waals surface area contributed by atoms with Crippen molar-refractivity contribution >= 4 is 33.4 Å². The van der Waals surface area contributed by atoms with Crippen LogP contribution in [0.25, 0.3) is 0 Å². The van der Waals surface area contributed by atoms with Crippen LogP contribution in [0.15, 0.2) is 48.5 Å². The Kier molecular flexibility index (Phi) is 8.35. The predicted octanol–water partition coefficient (Wildman–Crippen LogP) is 1.95. The van der Waals surface area contributed by atoms with E-state index in [0.29, 0.717) is 36.4 Å². The largest absolute Gasteiger partial charge is 0.376 e. The molecule has 34 heavy (non-hydrogen) atoms. The number of nitrogens with one attached hydrogen (secondary N) is 2. The van der Waals surface area contributed by atoms with Crippen LogP contribution in [0.3, 0.4) is 0 Å². The van der Waals surface area contributed by atoms with Crippen LogP contribution < -0.4 is 10.0 Å². The third-order valence-electron chi connectivity index (χ3n) is 5.95. The molecule has 0 saturated carbocycles. The summed E-state index contributed by atoms with van der Waals surface area (Å²) in [7, 11) is -3.30. The normalized spacial score (nSPS) is 17.9. The van der Waals surface area contributed by atoms with Gasteiger partial charge in [-0.15, -0.1) is 0 Å². The molecular formula is C24H30ClN3O5S. The van der Waals surface area contributed by atoms with Gasteiger partial charge in [-0.3, -0.25) is 9.59 Å². The van der Waals surface area contributed by atoms with Crippen LogP contribution in [-0.2, 0) is 38.2 Å². The summed E-state index contributed by atoms with van der Waals surface area (Å²) in [6.45, 7) is 2.24. The summed E-state index contributed by atoms with van der Waals surface area (Å²) in [5, 5.41) is 14.3. The maximum atomic E-state index is 13.2. The van der Waals surface area contributed by atoms with Crippen molar-refractivity contribution in [1.82, 2.24) is 14.9 Å². The van der Waals surface area contributed by atoms with Gasteiger partial charge in [-0.1, -0.05) is 48.0 Å². The SMILES string of the molecule is C[C@](O)(C(=O)N1CCC[C@H]1C(=O)NCc1cc(Cl)ccc1CCNS(C)(=O)=O)c1ccccc1. The average Bonchev–Trinajstić information content (AvgIpc) is 3.28. The lowest BCUT2D eigenvalue weighted by Gasteiger charge is -2.32. The molecule has 3 N–H and O–H groups in total. The fourth-order valence-corrected chi connectivity index (χ4v) is 4.79. The average molecular weight is 508 g/mol. The summed E-state index contributed by atoms with van der Waals surface area (Å²) < 4.78 is 25.1. The Morgan fingerprint density at radius 2 is 1.88 bits per heavy atom. The second-order valence-corrected chi connectivity index (χ2v) is 10.9. The fraction of sp³-hybridized carbons (Fsp3) is 0.417. The van der Waals surface area contributed by atoms with E-state index >= 15 is 0 Å². The Morgan fingerprint density at radius 3 is 2.56 bits per heavy atom. The van der Waals surface area contributed by atoms with Crippen molar-refractivity contribution in [2.45, 2.75) is 44.4 Å². The number of nitrogens with zero attached hydrogens (tertiary/aromatic N) is 1. The van der Waals surface area contributed by atoms with Crippen molar-refractivity contribution in [2.75, 3.05) is 19.3 Å². The van der Waals surface area contributed by atoms with Gasteiger partial charge in [-0.2, -0.15) is 0 Å². The Labute approximate surface area is 205 Å². The van der Waals surface area contributed by atoms with Crippen LogP contribution >= 0.6 is 11.6 Å². The first kappa shape index (κ1) is 26.2. The van der Waals surface area contributed by atoms with Crippen molar-refractivity contribution in [3.63, 3.8) is 0 Å². The molecule has 1 fully saturated rings. The molecule has 2 amide bonds. The fourth-order valence-electron chi connectivity index (χ4n) is 4.12. The summed E-state index contributed by atoms with van der Waals surface area (Å²) in [4.78, 5) is 27.6. The topological polar surface area (TPSA) is 116 Å². The number of aliphatic hydroxyl groups is 1. The number of likely N-dealkylation sites (tertiary alicyclic amines) is 1. The third-order valence-corrected chi connectivity index (χ3v) is 6.91. The smallest absolute Gasteiger partial charge is 0.259 e. The Morgan fingerprint density at radius 1 is 1.18 bits per heavy atom. The summed E-state index contributed by atoms with van der Waals surface area (Å²) in [5.41, 5.74) is 0.351. The molecule has 0 spiro atoms. The molecule has 2 aromatic carbocycles. The molecule has 2 aromatic rings. The number of carbonyl (C=O) groups is 2. The summed E-state index contributed by atoms with van der Waals surface area (Å²) >= 11 is 6.13. The highest BCUT2D eigenvalue weighted by atomic mass is 35.5. The van der Waals surface area contributed by atoms with E-state index in [4.69, 9.17) is 11.6 Å². The van der Waals surface area contributed by atoms with Gasteiger partial charge in [0.05, 0.1) is 6.26 Å². The lowest BCUT2D eigenvalue weighted by Crippen LogP contribution is -2.52. The van der Waals surface area contributed by atoms with Crippen molar-refractivity contribution in [2.24, 2.45) is 0 Å². The number of benzene rings is 2. The molecule has 0 aliphatic carbocycles. The predicted molar refractivity (Wildman–Crippen MR) is 131 cm³/mol. The van der Waals surface area contributed by atoms with Gasteiger partial charge in [0, 0.05) is 24.7 Å². The second kappa shape index (κ2) is 10.9. The molecule has 1 heterocycles. The van der Waals surface area contributed by atoms with E-state index in [1.165, 1.54) is 11.8 Å². The minimum atomic E-state index is -3.30. The zero-order valence-corrected chi connectivity index (χ0v) is 20.8. The minimum absolute atomic E-state index is 0.182. The number of hydrogen-bond donors (Lipinski definition) is 3. The zero-order valence-electron chi connectivity index (χ0n) is 19.3. The molecule has 0 bridgehead atoms. The number of hydrogen-bond acceptors (Lipinski definition) is 5. The second-order valence-electron chi connectivity index (χ2n) is 8.64. The van der Waals surface area contributed by atoms with E-state index in [9.17, 15) is 23.1 Å². The first-order chi connectivity index (χ1) is 16.0. The number of carbonyl (C=O) groups excluding carboxylic acids is 2. The molecule has 0 unspecified atom stereocenters. The quantitative estimate of drug-likeness (QED) is 0.479. The van der Waals surface area contributed by atoms with Crippen LogP contribution in [0.2, 0.25) is 5.02 Å². The van der Waals surface area contributed by atoms with Gasteiger partial charge in [-0.25, -0.2) is 13.1 Å². The molecule has 0 radical (unpaired) electrons. The maximum absolute atomic E-state index is 13.2. The van der Waals surface area contributed by atoms with E-state index in [0.717, 1.165) is 17.4 Å². The number of halogens is 1. The zero-order chi connectivity index (χ0) is 24.9. The van der Waals surface area contributed by atoms with E-state index in [2.05, 4.69) is 10.0 Å². The van der Waals surface area contributed by atoms with Crippen LogP contribution in [0.4, 0.5) is 0 Å². The Bertz CT molecular complexity index is 1140. The van der Waals surface area contributed by atoms with Crippen LogP contribution in [0, 0.1) is 0 Å².